The third-order valence-corrected chi connectivity index (χ3v) is 3.76. The summed E-state index contributed by atoms with van der Waals surface area (Å²) in [5.74, 6) is 1.26. The average molecular weight is 314 g/mol. The highest BCUT2D eigenvalue weighted by Crippen LogP contribution is 2.15. The van der Waals surface area contributed by atoms with Crippen molar-refractivity contribution in [2.24, 2.45) is 0 Å². The zero-order chi connectivity index (χ0) is 16.4. The molecule has 2 aromatic carbocycles. The molecule has 0 amide bonds. The molecule has 0 fully saturated rings. The van der Waals surface area contributed by atoms with Gasteiger partial charge in [0.15, 0.2) is 0 Å². The van der Waals surface area contributed by atoms with Gasteiger partial charge >= 0.3 is 0 Å². The molecule has 0 unspecified atom stereocenters. The molecule has 0 saturated heterocycles. The van der Waals surface area contributed by atoms with Gasteiger partial charge < -0.3 is 4.42 Å². The Hall–Kier alpha value is -3.40. The summed E-state index contributed by atoms with van der Waals surface area (Å²) in [5, 5.41) is 0.594. The lowest BCUT2D eigenvalue weighted by Gasteiger charge is -2.11. The summed E-state index contributed by atoms with van der Waals surface area (Å²) in [6.07, 6.45) is 5.20. The number of aromatic nitrogens is 2. The molecular weight excluding hydrogens is 300 g/mol. The highest BCUT2D eigenvalue weighted by Gasteiger charge is 2.10. The van der Waals surface area contributed by atoms with Crippen LogP contribution >= 0.6 is 0 Å². The normalized spacial score (nSPS) is 11.3. The average Bonchev–Trinajstić information content (AvgIpc) is 3.14. The quantitative estimate of drug-likeness (QED) is 0.571. The second kappa shape index (κ2) is 6.01. The molecule has 0 spiro atoms. The van der Waals surface area contributed by atoms with E-state index >= 15 is 0 Å². The molecule has 0 radical (unpaired) electrons. The first-order chi connectivity index (χ1) is 11.8. The van der Waals surface area contributed by atoms with Crippen LogP contribution in [0.15, 0.2) is 82.2 Å². The lowest BCUT2D eigenvalue weighted by molar-refractivity contribution is 0.557. The van der Waals surface area contributed by atoms with Crippen molar-refractivity contribution in [3.63, 3.8) is 0 Å². The molecule has 2 aromatic heterocycles. The number of hydrogen-bond acceptors (Lipinski definition) is 3. The highest BCUT2D eigenvalue weighted by molar-refractivity contribution is 5.79. The topological polar surface area (TPSA) is 48.0 Å². The van der Waals surface area contributed by atoms with Crippen LogP contribution in [0.25, 0.3) is 28.7 Å². The zero-order valence-electron chi connectivity index (χ0n) is 12.8. The minimum atomic E-state index is -0.0918. The van der Waals surface area contributed by atoms with Crippen molar-refractivity contribution in [1.29, 1.82) is 0 Å². The third kappa shape index (κ3) is 2.54. The van der Waals surface area contributed by atoms with E-state index in [0.717, 1.165) is 5.69 Å². The van der Waals surface area contributed by atoms with E-state index in [1.54, 1.807) is 29.0 Å². The maximum absolute atomic E-state index is 13.0. The van der Waals surface area contributed by atoms with Crippen LogP contribution in [-0.4, -0.2) is 9.55 Å². The lowest BCUT2D eigenvalue weighted by atomic mass is 10.2. The van der Waals surface area contributed by atoms with E-state index in [2.05, 4.69) is 4.98 Å². The molecule has 2 heterocycles. The summed E-state index contributed by atoms with van der Waals surface area (Å²) in [7, 11) is 0. The molecule has 0 saturated carbocycles. The summed E-state index contributed by atoms with van der Waals surface area (Å²) in [6.45, 7) is 0. The smallest absolute Gasteiger partial charge is 0.266 e. The van der Waals surface area contributed by atoms with Gasteiger partial charge in [0.1, 0.15) is 11.6 Å². The minimum absolute atomic E-state index is 0.0918. The number of rotatable bonds is 3. The van der Waals surface area contributed by atoms with Crippen LogP contribution in [0.5, 0.6) is 0 Å². The number of fused-ring (bicyclic) bond motifs is 1. The Kier molecular flexibility index (Phi) is 3.56. The molecule has 0 aliphatic rings. The number of furan rings is 1. The van der Waals surface area contributed by atoms with E-state index in [9.17, 15) is 4.79 Å². The van der Waals surface area contributed by atoms with Crippen molar-refractivity contribution >= 4 is 23.1 Å². The zero-order valence-corrected chi connectivity index (χ0v) is 12.8. The van der Waals surface area contributed by atoms with Crippen molar-refractivity contribution in [2.75, 3.05) is 0 Å². The monoisotopic (exact) mass is 314 g/mol. The molecular formula is C20H14N2O2. The van der Waals surface area contributed by atoms with Crippen LogP contribution in [0.1, 0.15) is 11.6 Å². The summed E-state index contributed by atoms with van der Waals surface area (Å²) >= 11 is 0. The first-order valence-corrected chi connectivity index (χ1v) is 7.62. The Labute approximate surface area is 138 Å². The maximum Gasteiger partial charge on any atom is 0.266 e. The van der Waals surface area contributed by atoms with Crippen molar-refractivity contribution in [1.82, 2.24) is 9.55 Å². The fourth-order valence-electron chi connectivity index (χ4n) is 2.63. The van der Waals surface area contributed by atoms with Crippen molar-refractivity contribution in [3.05, 3.63) is 94.9 Å². The first kappa shape index (κ1) is 14.2. The van der Waals surface area contributed by atoms with Crippen molar-refractivity contribution in [2.45, 2.75) is 0 Å². The largest absolute Gasteiger partial charge is 0.465 e. The molecule has 4 aromatic rings. The van der Waals surface area contributed by atoms with E-state index in [1.807, 2.05) is 60.7 Å². The van der Waals surface area contributed by atoms with Gasteiger partial charge in [-0.3, -0.25) is 9.36 Å². The van der Waals surface area contributed by atoms with E-state index in [0.29, 0.717) is 22.5 Å². The fourth-order valence-corrected chi connectivity index (χ4v) is 2.63. The Bertz CT molecular complexity index is 1060. The number of hydrogen-bond donors (Lipinski definition) is 0. The summed E-state index contributed by atoms with van der Waals surface area (Å²) in [5.41, 5.74) is 1.36. The van der Waals surface area contributed by atoms with Gasteiger partial charge in [-0.15, -0.1) is 0 Å². The van der Waals surface area contributed by atoms with Crippen LogP contribution in [-0.2, 0) is 0 Å². The van der Waals surface area contributed by atoms with Crippen LogP contribution in [0.2, 0.25) is 0 Å². The predicted molar refractivity (Wildman–Crippen MR) is 95.0 cm³/mol. The van der Waals surface area contributed by atoms with E-state index in [1.165, 1.54) is 0 Å². The van der Waals surface area contributed by atoms with Crippen molar-refractivity contribution < 1.29 is 4.42 Å². The van der Waals surface area contributed by atoms with E-state index < -0.39 is 0 Å². The van der Waals surface area contributed by atoms with Gasteiger partial charge in [-0.05, 0) is 48.6 Å². The van der Waals surface area contributed by atoms with Crippen LogP contribution in [0.3, 0.4) is 0 Å². The molecule has 0 aliphatic heterocycles. The van der Waals surface area contributed by atoms with Gasteiger partial charge in [0.2, 0.25) is 0 Å². The third-order valence-electron chi connectivity index (χ3n) is 3.76. The summed E-state index contributed by atoms with van der Waals surface area (Å²) in [4.78, 5) is 17.6. The van der Waals surface area contributed by atoms with Crippen LogP contribution in [0, 0.1) is 0 Å². The first-order valence-electron chi connectivity index (χ1n) is 7.62. The molecule has 4 heteroatoms. The lowest BCUT2D eigenvalue weighted by Crippen LogP contribution is -2.22. The fraction of sp³-hybridized carbons (Fsp3) is 0. The molecule has 4 nitrogen and oxygen atoms in total. The molecule has 4 rings (SSSR count). The van der Waals surface area contributed by atoms with Gasteiger partial charge in [0, 0.05) is 0 Å². The molecule has 0 aliphatic carbocycles. The Morgan fingerprint density at radius 1 is 0.875 bits per heavy atom. The standard InChI is InChI=1S/C20H14N2O2/c23-20-17-10-4-5-11-18(17)21-19(13-12-16-9-6-14-24-16)22(20)15-7-2-1-3-8-15/h1-14H. The number of para-hydroxylation sites is 2. The van der Waals surface area contributed by atoms with Crippen molar-refractivity contribution in [3.8, 4) is 5.69 Å². The van der Waals surface area contributed by atoms with Gasteiger partial charge in [0.25, 0.3) is 5.56 Å². The summed E-state index contributed by atoms with van der Waals surface area (Å²) < 4.78 is 6.93. The van der Waals surface area contributed by atoms with Crippen LogP contribution in [0.4, 0.5) is 0 Å². The van der Waals surface area contributed by atoms with E-state index in [-0.39, 0.29) is 5.56 Å². The van der Waals surface area contributed by atoms with Gasteiger partial charge in [-0.1, -0.05) is 30.3 Å². The SMILES string of the molecule is O=c1c2ccccc2nc(C=Cc2ccco2)n1-c1ccccc1. The highest BCUT2D eigenvalue weighted by atomic mass is 16.3. The Morgan fingerprint density at radius 2 is 1.67 bits per heavy atom. The second-order valence-corrected chi connectivity index (χ2v) is 5.31. The Morgan fingerprint density at radius 3 is 2.46 bits per heavy atom. The predicted octanol–water partition coefficient (Wildman–Crippen LogP) is 4.15. The minimum Gasteiger partial charge on any atom is -0.465 e. The number of nitrogens with zero attached hydrogens (tertiary/aromatic N) is 2. The van der Waals surface area contributed by atoms with Gasteiger partial charge in [-0.25, -0.2) is 4.98 Å². The van der Waals surface area contributed by atoms with Crippen LogP contribution < -0.4 is 5.56 Å². The summed E-state index contributed by atoms with van der Waals surface area (Å²) in [6, 6.07) is 20.5. The second-order valence-electron chi connectivity index (χ2n) is 5.31. The molecule has 0 atom stereocenters. The molecule has 0 N–H and O–H groups in total. The molecule has 0 bridgehead atoms. The van der Waals surface area contributed by atoms with Gasteiger partial charge in [0.05, 0.1) is 22.9 Å². The number of benzene rings is 2. The van der Waals surface area contributed by atoms with E-state index in [4.69, 9.17) is 4.42 Å². The maximum atomic E-state index is 13.0. The molecule has 24 heavy (non-hydrogen) atoms. The Balaban J connectivity index is 1.98. The van der Waals surface area contributed by atoms with Gasteiger partial charge in [-0.2, -0.15) is 0 Å². The molecule has 116 valence electrons.